The van der Waals surface area contributed by atoms with Crippen LogP contribution < -0.4 is 5.32 Å². The van der Waals surface area contributed by atoms with Crippen LogP contribution in [0.25, 0.3) is 0 Å². The van der Waals surface area contributed by atoms with Crippen molar-refractivity contribution < 1.29 is 9.59 Å². The Morgan fingerprint density at radius 2 is 2.08 bits per heavy atom. The zero-order valence-electron chi connectivity index (χ0n) is 13.7. The van der Waals surface area contributed by atoms with Gasteiger partial charge in [-0.05, 0) is 37.0 Å². The number of amides is 3. The molecule has 0 aromatic heterocycles. The van der Waals surface area contributed by atoms with Gasteiger partial charge in [0, 0.05) is 18.3 Å². The molecule has 3 amide bonds. The van der Waals surface area contributed by atoms with E-state index in [1.54, 1.807) is 11.8 Å². The van der Waals surface area contributed by atoms with Crippen molar-refractivity contribution in [3.8, 4) is 0 Å². The highest BCUT2D eigenvalue weighted by atomic mass is 32.2. The van der Waals surface area contributed by atoms with Crippen molar-refractivity contribution in [2.75, 3.05) is 24.7 Å². The Labute approximate surface area is 146 Å². The summed E-state index contributed by atoms with van der Waals surface area (Å²) in [6.07, 6.45) is 3.99. The summed E-state index contributed by atoms with van der Waals surface area (Å²) in [5.74, 6) is 1.63. The van der Waals surface area contributed by atoms with Crippen molar-refractivity contribution in [2.24, 2.45) is 0 Å². The summed E-state index contributed by atoms with van der Waals surface area (Å²) >= 11 is 1.75. The molecule has 3 aliphatic heterocycles. The molecule has 0 bridgehead atoms. The van der Waals surface area contributed by atoms with Crippen LogP contribution in [0.2, 0.25) is 0 Å². The number of carbonyl (C=O) groups excluding carboxylic acids is 2. The van der Waals surface area contributed by atoms with Gasteiger partial charge in [-0.25, -0.2) is 9.69 Å². The van der Waals surface area contributed by atoms with E-state index in [0.29, 0.717) is 18.5 Å². The van der Waals surface area contributed by atoms with Crippen LogP contribution in [0.3, 0.4) is 0 Å². The monoisotopic (exact) mass is 345 g/mol. The number of urea groups is 1. The molecule has 5 nitrogen and oxygen atoms in total. The van der Waals surface area contributed by atoms with Crippen LogP contribution in [0.4, 0.5) is 4.79 Å². The molecule has 1 aromatic carbocycles. The van der Waals surface area contributed by atoms with Crippen LogP contribution in [-0.4, -0.2) is 58.0 Å². The molecular weight excluding hydrogens is 322 g/mol. The summed E-state index contributed by atoms with van der Waals surface area (Å²) in [6, 6.07) is 10.6. The first-order chi connectivity index (χ1) is 11.7. The van der Waals surface area contributed by atoms with Gasteiger partial charge in [0.05, 0.1) is 6.67 Å². The Morgan fingerprint density at radius 1 is 1.25 bits per heavy atom. The van der Waals surface area contributed by atoms with Gasteiger partial charge in [0.15, 0.2) is 0 Å². The van der Waals surface area contributed by atoms with Gasteiger partial charge < -0.3 is 5.32 Å². The van der Waals surface area contributed by atoms with Gasteiger partial charge in [-0.3, -0.25) is 9.69 Å². The second-order valence-electron chi connectivity index (χ2n) is 6.99. The highest BCUT2D eigenvalue weighted by Crippen LogP contribution is 2.34. The van der Waals surface area contributed by atoms with Gasteiger partial charge in [0.25, 0.3) is 5.91 Å². The van der Waals surface area contributed by atoms with Gasteiger partial charge in [-0.15, -0.1) is 0 Å². The van der Waals surface area contributed by atoms with Crippen LogP contribution in [0, 0.1) is 0 Å². The Kier molecular flexibility index (Phi) is 4.26. The number of hydrogen-bond acceptors (Lipinski definition) is 4. The second kappa shape index (κ2) is 6.41. The van der Waals surface area contributed by atoms with Crippen molar-refractivity contribution in [1.82, 2.24) is 15.1 Å². The highest BCUT2D eigenvalue weighted by molar-refractivity contribution is 7.99. The fourth-order valence-corrected chi connectivity index (χ4v) is 5.34. The number of hydrogen-bond donors (Lipinski definition) is 1. The number of nitrogens with zero attached hydrogens (tertiary/aromatic N) is 2. The van der Waals surface area contributed by atoms with Gasteiger partial charge in [-0.2, -0.15) is 11.8 Å². The van der Waals surface area contributed by atoms with Crippen molar-refractivity contribution in [3.63, 3.8) is 0 Å². The average Bonchev–Trinajstić information content (AvgIpc) is 3.28. The predicted molar refractivity (Wildman–Crippen MR) is 94.8 cm³/mol. The fraction of sp³-hybridized carbons (Fsp3) is 0.556. The summed E-state index contributed by atoms with van der Waals surface area (Å²) in [7, 11) is 0. The van der Waals surface area contributed by atoms with E-state index in [-0.39, 0.29) is 11.9 Å². The molecule has 0 saturated carbocycles. The Hall–Kier alpha value is -1.53. The van der Waals surface area contributed by atoms with E-state index >= 15 is 0 Å². The largest absolute Gasteiger partial charge is 0.326 e. The van der Waals surface area contributed by atoms with Crippen LogP contribution in [0.1, 0.15) is 24.8 Å². The number of imide groups is 1. The molecule has 3 fully saturated rings. The van der Waals surface area contributed by atoms with Gasteiger partial charge in [0.2, 0.25) is 0 Å². The lowest BCUT2D eigenvalue weighted by Gasteiger charge is -2.28. The van der Waals surface area contributed by atoms with Crippen LogP contribution in [-0.2, 0) is 11.2 Å². The number of benzene rings is 1. The minimum absolute atomic E-state index is 0.0251. The van der Waals surface area contributed by atoms with E-state index in [4.69, 9.17) is 0 Å². The number of likely N-dealkylation sites (tertiary alicyclic amines) is 1. The lowest BCUT2D eigenvalue weighted by Crippen LogP contribution is -2.48. The Bertz CT molecular complexity index is 630. The summed E-state index contributed by atoms with van der Waals surface area (Å²) in [5, 5.41) is 2.96. The van der Waals surface area contributed by atoms with E-state index in [0.717, 1.165) is 38.0 Å². The lowest BCUT2D eigenvalue weighted by molar-refractivity contribution is -0.132. The molecule has 3 heterocycles. The summed E-state index contributed by atoms with van der Waals surface area (Å²) in [5.41, 5.74) is 0.686. The topological polar surface area (TPSA) is 52.7 Å². The molecule has 0 unspecified atom stereocenters. The van der Waals surface area contributed by atoms with E-state index < -0.39 is 5.54 Å². The molecule has 24 heavy (non-hydrogen) atoms. The maximum Gasteiger partial charge on any atom is 0.326 e. The van der Waals surface area contributed by atoms with Crippen LogP contribution >= 0.6 is 11.8 Å². The molecule has 2 atom stereocenters. The minimum Gasteiger partial charge on any atom is -0.322 e. The minimum atomic E-state index is -0.629. The number of carbonyl (C=O) groups is 2. The van der Waals surface area contributed by atoms with Gasteiger partial charge in [-0.1, -0.05) is 30.3 Å². The molecule has 1 aromatic rings. The Balaban J connectivity index is 1.44. The number of rotatable bonds is 4. The van der Waals surface area contributed by atoms with E-state index in [9.17, 15) is 9.59 Å². The Morgan fingerprint density at radius 3 is 2.83 bits per heavy atom. The predicted octanol–water partition coefficient (Wildman–Crippen LogP) is 2.08. The van der Waals surface area contributed by atoms with Crippen molar-refractivity contribution >= 4 is 23.7 Å². The molecule has 128 valence electrons. The molecular formula is C18H23N3O2S. The van der Waals surface area contributed by atoms with Gasteiger partial charge in [0.1, 0.15) is 5.54 Å². The SMILES string of the molecule is O=C1N[C@]2(CCSC2)C(=O)N1CN1CCC[C@@H]1Cc1ccccc1. The second-order valence-corrected chi connectivity index (χ2v) is 8.09. The zero-order chi connectivity index (χ0) is 16.6. The van der Waals surface area contributed by atoms with Gasteiger partial charge >= 0.3 is 6.03 Å². The molecule has 0 aliphatic carbocycles. The molecule has 4 rings (SSSR count). The number of nitrogens with one attached hydrogen (secondary N) is 1. The quantitative estimate of drug-likeness (QED) is 0.849. The molecule has 3 saturated heterocycles. The van der Waals surface area contributed by atoms with Crippen LogP contribution in [0.15, 0.2) is 30.3 Å². The first-order valence-electron chi connectivity index (χ1n) is 8.68. The highest BCUT2D eigenvalue weighted by Gasteiger charge is 2.53. The third-order valence-corrected chi connectivity index (χ3v) is 6.59. The summed E-state index contributed by atoms with van der Waals surface area (Å²) in [4.78, 5) is 28.9. The van der Waals surface area contributed by atoms with E-state index in [1.807, 2.05) is 6.07 Å². The average molecular weight is 345 g/mol. The summed E-state index contributed by atoms with van der Waals surface area (Å²) < 4.78 is 0. The van der Waals surface area contributed by atoms with E-state index in [2.05, 4.69) is 34.5 Å². The first-order valence-corrected chi connectivity index (χ1v) is 9.83. The summed E-state index contributed by atoms with van der Waals surface area (Å²) in [6.45, 7) is 1.38. The number of thioether (sulfide) groups is 1. The molecule has 1 spiro atoms. The van der Waals surface area contributed by atoms with Crippen molar-refractivity contribution in [2.45, 2.75) is 37.3 Å². The van der Waals surface area contributed by atoms with E-state index in [1.165, 1.54) is 10.5 Å². The van der Waals surface area contributed by atoms with Crippen molar-refractivity contribution in [3.05, 3.63) is 35.9 Å². The smallest absolute Gasteiger partial charge is 0.322 e. The molecule has 0 radical (unpaired) electrons. The third kappa shape index (κ3) is 2.82. The molecule has 3 aliphatic rings. The molecule has 1 N–H and O–H groups in total. The van der Waals surface area contributed by atoms with Crippen LogP contribution in [0.5, 0.6) is 0 Å². The lowest BCUT2D eigenvalue weighted by atomic mass is 9.99. The zero-order valence-corrected chi connectivity index (χ0v) is 14.6. The fourth-order valence-electron chi connectivity index (χ4n) is 4.02. The van der Waals surface area contributed by atoms with Crippen molar-refractivity contribution in [1.29, 1.82) is 0 Å². The first kappa shape index (κ1) is 16.0. The maximum absolute atomic E-state index is 12.8. The third-order valence-electron chi connectivity index (χ3n) is 5.40. The normalized spacial score (nSPS) is 30.5. The maximum atomic E-state index is 12.8. The molecule has 6 heteroatoms. The standard InChI is InChI=1S/C18H23N3O2S/c22-16-18(8-10-24-12-18)19-17(23)21(16)13-20-9-4-7-15(20)11-14-5-2-1-3-6-14/h1-3,5-6,15H,4,7-13H2,(H,19,23)/t15-,18+/m1/s1.